The van der Waals surface area contributed by atoms with Crippen LogP contribution in [0.3, 0.4) is 0 Å². The van der Waals surface area contributed by atoms with E-state index in [2.05, 4.69) is 10.3 Å². The van der Waals surface area contributed by atoms with Gasteiger partial charge in [0, 0.05) is 37.2 Å². The first kappa shape index (κ1) is 28.2. The second-order valence-electron chi connectivity index (χ2n) is 11.2. The van der Waals surface area contributed by atoms with Crippen LogP contribution in [0.1, 0.15) is 59.8 Å². The van der Waals surface area contributed by atoms with E-state index in [4.69, 9.17) is 11.6 Å². The van der Waals surface area contributed by atoms with Crippen molar-refractivity contribution in [2.45, 2.75) is 55.5 Å². The third-order valence-corrected chi connectivity index (χ3v) is 10.9. The van der Waals surface area contributed by atoms with Gasteiger partial charge >= 0.3 is 0 Å². The van der Waals surface area contributed by atoms with E-state index in [1.165, 1.54) is 12.1 Å². The van der Waals surface area contributed by atoms with Crippen molar-refractivity contribution in [1.29, 1.82) is 5.26 Å². The van der Waals surface area contributed by atoms with Crippen LogP contribution in [-0.2, 0) is 26.8 Å². The first-order chi connectivity index (χ1) is 20.2. The third-order valence-electron chi connectivity index (χ3n) is 8.79. The van der Waals surface area contributed by atoms with E-state index in [1.54, 1.807) is 58.7 Å². The number of halogens is 1. The molecule has 1 N–H and O–H groups in total. The number of piperidine rings is 1. The number of hydrogen-bond donors (Lipinski definition) is 1. The van der Waals surface area contributed by atoms with E-state index in [-0.39, 0.29) is 40.8 Å². The zero-order chi connectivity index (χ0) is 29.6. The summed E-state index contributed by atoms with van der Waals surface area (Å²) < 4.78 is 30.3. The number of rotatable bonds is 6. The molecular formula is C31H30ClN5O4S. The van der Waals surface area contributed by atoms with Crippen molar-refractivity contribution < 1.29 is 18.0 Å². The molecule has 1 atom stereocenters. The Balaban J connectivity index is 1.43. The molecule has 1 saturated heterocycles. The molecule has 0 bridgehead atoms. The number of anilines is 1. The van der Waals surface area contributed by atoms with Crippen molar-refractivity contribution in [3.63, 3.8) is 0 Å². The Morgan fingerprint density at radius 3 is 2.55 bits per heavy atom. The van der Waals surface area contributed by atoms with Crippen molar-refractivity contribution in [1.82, 2.24) is 15.2 Å². The van der Waals surface area contributed by atoms with Crippen LogP contribution in [0, 0.1) is 17.2 Å². The molecule has 3 heterocycles. The molecule has 9 nitrogen and oxygen atoms in total. The number of aromatic nitrogens is 1. The Morgan fingerprint density at radius 2 is 1.88 bits per heavy atom. The number of nitrogens with zero attached hydrogens (tertiary/aromatic N) is 4. The lowest BCUT2D eigenvalue weighted by Gasteiger charge is -2.45. The monoisotopic (exact) mass is 603 g/mol. The van der Waals surface area contributed by atoms with E-state index >= 15 is 0 Å². The van der Waals surface area contributed by atoms with Gasteiger partial charge in [-0.25, -0.2) is 8.42 Å². The average Bonchev–Trinajstić information content (AvgIpc) is 3.80. The van der Waals surface area contributed by atoms with Gasteiger partial charge in [0.1, 0.15) is 0 Å². The molecule has 6 rings (SSSR count). The largest absolute Gasteiger partial charge is 0.346 e. The summed E-state index contributed by atoms with van der Waals surface area (Å²) >= 11 is 6.22. The SMILES string of the molecule is CC(=O)N1CCC2(CC1)c1cc(C(=O)NCc3ncccc3Cl)ccc1N(S(=O)(=O)c1cccc(C#N)c1)C2C1CC1. The predicted molar refractivity (Wildman–Crippen MR) is 157 cm³/mol. The van der Waals surface area contributed by atoms with Gasteiger partial charge in [-0.3, -0.25) is 18.9 Å². The van der Waals surface area contributed by atoms with Gasteiger partial charge in [-0.1, -0.05) is 17.7 Å². The predicted octanol–water partition coefficient (Wildman–Crippen LogP) is 4.40. The van der Waals surface area contributed by atoms with Gasteiger partial charge in [0.05, 0.1) is 45.5 Å². The van der Waals surface area contributed by atoms with Gasteiger partial charge in [-0.2, -0.15) is 5.26 Å². The topological polar surface area (TPSA) is 123 Å². The lowest BCUT2D eigenvalue weighted by molar-refractivity contribution is -0.130. The van der Waals surface area contributed by atoms with Crippen molar-refractivity contribution in [2.75, 3.05) is 17.4 Å². The molecule has 1 saturated carbocycles. The lowest BCUT2D eigenvalue weighted by Crippen LogP contribution is -2.54. The Labute approximate surface area is 250 Å². The van der Waals surface area contributed by atoms with Crippen molar-refractivity contribution >= 4 is 39.1 Å². The average molecular weight is 604 g/mol. The summed E-state index contributed by atoms with van der Waals surface area (Å²) in [5.74, 6) is -0.175. The molecule has 3 aromatic rings. The third kappa shape index (κ3) is 4.80. The number of fused-ring (bicyclic) bond motifs is 2. The molecule has 1 unspecified atom stereocenters. The number of amides is 2. The molecule has 2 aliphatic heterocycles. The van der Waals surface area contributed by atoms with Crippen LogP contribution in [0.4, 0.5) is 5.69 Å². The first-order valence-corrected chi connectivity index (χ1v) is 15.8. The van der Waals surface area contributed by atoms with E-state index in [0.29, 0.717) is 47.9 Å². The maximum atomic E-state index is 14.4. The summed E-state index contributed by atoms with van der Waals surface area (Å²) in [7, 11) is -4.05. The lowest BCUT2D eigenvalue weighted by atomic mass is 9.68. The highest BCUT2D eigenvalue weighted by Crippen LogP contribution is 2.59. The number of nitrogens with one attached hydrogen (secondary N) is 1. The molecule has 216 valence electrons. The zero-order valence-corrected chi connectivity index (χ0v) is 24.7. The van der Waals surface area contributed by atoms with Gasteiger partial charge in [0.2, 0.25) is 5.91 Å². The molecule has 42 heavy (non-hydrogen) atoms. The minimum atomic E-state index is -4.05. The molecule has 1 aromatic heterocycles. The van der Waals surface area contributed by atoms with Crippen LogP contribution in [0.5, 0.6) is 0 Å². The first-order valence-electron chi connectivity index (χ1n) is 14.0. The van der Waals surface area contributed by atoms with Gasteiger partial charge in [-0.15, -0.1) is 0 Å². The highest BCUT2D eigenvalue weighted by atomic mass is 35.5. The Morgan fingerprint density at radius 1 is 1.12 bits per heavy atom. The Hall–Kier alpha value is -3.94. The molecule has 3 aliphatic rings. The van der Waals surface area contributed by atoms with Crippen LogP contribution >= 0.6 is 11.6 Å². The quantitative estimate of drug-likeness (QED) is 0.445. The second kappa shape index (κ2) is 10.7. The number of pyridine rings is 1. The van der Waals surface area contributed by atoms with E-state index in [1.807, 2.05) is 12.1 Å². The number of nitriles is 1. The van der Waals surface area contributed by atoms with Crippen LogP contribution < -0.4 is 9.62 Å². The van der Waals surface area contributed by atoms with Crippen LogP contribution in [-0.4, -0.2) is 49.2 Å². The molecule has 11 heteroatoms. The molecule has 2 amide bonds. The molecule has 2 fully saturated rings. The summed E-state index contributed by atoms with van der Waals surface area (Å²) in [6.07, 6.45) is 4.58. The normalized spacial score (nSPS) is 19.3. The molecule has 1 aliphatic carbocycles. The number of carbonyl (C=O) groups is 2. The fraction of sp³-hybridized carbons (Fsp3) is 0.355. The summed E-state index contributed by atoms with van der Waals surface area (Å²) in [5.41, 5.74) is 2.02. The maximum absolute atomic E-state index is 14.4. The fourth-order valence-corrected chi connectivity index (χ4v) is 8.61. The van der Waals surface area contributed by atoms with Crippen molar-refractivity contribution in [2.24, 2.45) is 5.92 Å². The molecule has 0 radical (unpaired) electrons. The smallest absolute Gasteiger partial charge is 0.264 e. The zero-order valence-electron chi connectivity index (χ0n) is 23.1. The minimum absolute atomic E-state index is 0.00912. The Bertz CT molecular complexity index is 1730. The van der Waals surface area contributed by atoms with Crippen LogP contribution in [0.2, 0.25) is 5.02 Å². The second-order valence-corrected chi connectivity index (χ2v) is 13.5. The number of sulfonamides is 1. The van der Waals surface area contributed by atoms with E-state index in [0.717, 1.165) is 18.4 Å². The standard InChI is InChI=1S/C31H30ClN5O4S/c1-20(38)36-14-11-31(12-15-36)25-17-23(30(39)35-19-27-26(32)6-3-13-34-27)9-10-28(25)37(29(31)22-7-8-22)42(40,41)24-5-2-4-21(16-24)18-33/h2-6,9-10,13,16-17,22,29H,7-8,11-12,14-15,19H2,1H3,(H,35,39). The number of likely N-dealkylation sites (tertiary alicyclic amines) is 1. The van der Waals surface area contributed by atoms with E-state index in [9.17, 15) is 23.3 Å². The fourth-order valence-electron chi connectivity index (χ4n) is 6.58. The highest BCUT2D eigenvalue weighted by molar-refractivity contribution is 7.93. The van der Waals surface area contributed by atoms with Gasteiger partial charge in [0.25, 0.3) is 15.9 Å². The molecule has 1 spiro atoms. The molecule has 2 aromatic carbocycles. The molecular weight excluding hydrogens is 574 g/mol. The Kier molecular flexibility index (Phi) is 7.19. The summed E-state index contributed by atoms with van der Waals surface area (Å²) in [6.45, 7) is 2.71. The summed E-state index contributed by atoms with van der Waals surface area (Å²) in [5, 5.41) is 12.8. The minimum Gasteiger partial charge on any atom is -0.346 e. The number of carbonyl (C=O) groups excluding carboxylic acids is 2. The number of hydrogen-bond acceptors (Lipinski definition) is 6. The van der Waals surface area contributed by atoms with Crippen molar-refractivity contribution in [3.05, 3.63) is 88.2 Å². The van der Waals surface area contributed by atoms with Crippen molar-refractivity contribution in [3.8, 4) is 6.07 Å². The van der Waals surface area contributed by atoms with E-state index < -0.39 is 15.4 Å². The highest BCUT2D eigenvalue weighted by Gasteiger charge is 2.60. The van der Waals surface area contributed by atoms with Gasteiger partial charge < -0.3 is 10.2 Å². The van der Waals surface area contributed by atoms with Crippen LogP contribution in [0.15, 0.2) is 65.7 Å². The summed E-state index contributed by atoms with van der Waals surface area (Å²) in [6, 6.07) is 16.4. The number of benzene rings is 2. The van der Waals surface area contributed by atoms with Gasteiger partial charge in [0.15, 0.2) is 0 Å². The summed E-state index contributed by atoms with van der Waals surface area (Å²) in [4.78, 5) is 31.7. The van der Waals surface area contributed by atoms with Crippen LogP contribution in [0.25, 0.3) is 0 Å². The van der Waals surface area contributed by atoms with Gasteiger partial charge in [-0.05, 0) is 85.7 Å². The maximum Gasteiger partial charge on any atom is 0.264 e.